The fourth-order valence-corrected chi connectivity index (χ4v) is 2.29. The smallest absolute Gasteiger partial charge is 0.320 e. The van der Waals surface area contributed by atoms with E-state index in [1.165, 1.54) is 0 Å². The zero-order valence-corrected chi connectivity index (χ0v) is 10.7. The number of carboxylic acid groups (broad SMARTS) is 1. The fraction of sp³-hybridized carbons (Fsp3) is 0.667. The molecule has 1 aliphatic heterocycles. The van der Waals surface area contributed by atoms with Crippen molar-refractivity contribution < 1.29 is 9.90 Å². The van der Waals surface area contributed by atoms with Crippen molar-refractivity contribution in [2.45, 2.75) is 32.5 Å². The number of nitrogens with zero attached hydrogens (tertiary/aromatic N) is 3. The normalized spacial score (nSPS) is 17.4. The van der Waals surface area contributed by atoms with Crippen LogP contribution in [0.25, 0.3) is 0 Å². The van der Waals surface area contributed by atoms with Gasteiger partial charge >= 0.3 is 5.97 Å². The molecule has 6 nitrogen and oxygen atoms in total. The molecule has 100 valence electrons. The lowest BCUT2D eigenvalue weighted by atomic mass is 10.2. The molecule has 18 heavy (non-hydrogen) atoms. The summed E-state index contributed by atoms with van der Waals surface area (Å²) in [7, 11) is 0. The predicted molar refractivity (Wildman–Crippen MR) is 67.2 cm³/mol. The first-order valence-corrected chi connectivity index (χ1v) is 6.39. The van der Waals surface area contributed by atoms with Gasteiger partial charge in [0.25, 0.3) is 0 Å². The van der Waals surface area contributed by atoms with Crippen molar-refractivity contribution in [1.82, 2.24) is 19.8 Å². The zero-order valence-electron chi connectivity index (χ0n) is 10.7. The largest absolute Gasteiger partial charge is 0.480 e. The molecule has 0 fully saturated rings. The van der Waals surface area contributed by atoms with E-state index in [1.807, 2.05) is 19.3 Å². The van der Waals surface area contributed by atoms with Gasteiger partial charge in [-0.1, -0.05) is 6.92 Å². The molecule has 2 N–H and O–H groups in total. The first-order chi connectivity index (χ1) is 8.70. The molecule has 0 saturated carbocycles. The van der Waals surface area contributed by atoms with Crippen molar-refractivity contribution >= 4 is 5.97 Å². The van der Waals surface area contributed by atoms with Crippen molar-refractivity contribution in [1.29, 1.82) is 0 Å². The second kappa shape index (κ2) is 5.97. The molecule has 1 aromatic heterocycles. The molecule has 1 aliphatic rings. The molecule has 0 amide bonds. The highest BCUT2D eigenvalue weighted by atomic mass is 16.4. The number of aromatic nitrogens is 2. The summed E-state index contributed by atoms with van der Waals surface area (Å²) in [6, 6.07) is -0.448. The minimum atomic E-state index is -0.768. The van der Waals surface area contributed by atoms with Crippen molar-refractivity contribution in [2.24, 2.45) is 0 Å². The van der Waals surface area contributed by atoms with Gasteiger partial charge in [-0.2, -0.15) is 0 Å². The van der Waals surface area contributed by atoms with E-state index in [0.29, 0.717) is 13.0 Å². The first-order valence-electron chi connectivity index (χ1n) is 6.39. The van der Waals surface area contributed by atoms with Crippen LogP contribution in [0.5, 0.6) is 0 Å². The predicted octanol–water partition coefficient (Wildman–Crippen LogP) is 0.151. The molecule has 1 unspecified atom stereocenters. The third kappa shape index (κ3) is 3.08. The number of imidazole rings is 1. The molecule has 2 rings (SSSR count). The van der Waals surface area contributed by atoms with Crippen molar-refractivity contribution in [2.75, 3.05) is 19.6 Å². The monoisotopic (exact) mass is 252 g/mol. The van der Waals surface area contributed by atoms with Gasteiger partial charge in [0.1, 0.15) is 11.9 Å². The van der Waals surface area contributed by atoms with Crippen molar-refractivity contribution in [3.63, 3.8) is 0 Å². The molecule has 6 heteroatoms. The maximum absolute atomic E-state index is 11.0. The Labute approximate surface area is 107 Å². The van der Waals surface area contributed by atoms with Crippen LogP contribution < -0.4 is 5.32 Å². The first kappa shape index (κ1) is 13.0. The Hall–Kier alpha value is -1.40. The summed E-state index contributed by atoms with van der Waals surface area (Å²) in [5.74, 6) is 0.298. The number of carbonyl (C=O) groups is 1. The Bertz CT molecular complexity index is 405. The highest BCUT2D eigenvalue weighted by Gasteiger charge is 2.20. The SMILES string of the molecule is CCNC(CCN1CCn2ccnc2C1)C(=O)O. The molecule has 0 spiro atoms. The summed E-state index contributed by atoms with van der Waals surface area (Å²) in [4.78, 5) is 17.6. The maximum atomic E-state index is 11.0. The number of aliphatic carboxylic acids is 1. The molecule has 0 bridgehead atoms. The van der Waals surface area contributed by atoms with Crippen molar-refractivity contribution in [3.8, 4) is 0 Å². The quantitative estimate of drug-likeness (QED) is 0.754. The van der Waals surface area contributed by atoms with Gasteiger partial charge in [0.2, 0.25) is 0 Å². The van der Waals surface area contributed by atoms with Crippen LogP contribution in [0.15, 0.2) is 12.4 Å². The number of fused-ring (bicyclic) bond motifs is 1. The molecular formula is C12H20N4O2. The van der Waals surface area contributed by atoms with Gasteiger partial charge in [-0.25, -0.2) is 4.98 Å². The fourth-order valence-electron chi connectivity index (χ4n) is 2.29. The third-order valence-corrected chi connectivity index (χ3v) is 3.31. The molecular weight excluding hydrogens is 232 g/mol. The van der Waals surface area contributed by atoms with E-state index in [9.17, 15) is 4.79 Å². The average Bonchev–Trinajstić information content (AvgIpc) is 2.81. The topological polar surface area (TPSA) is 70.4 Å². The van der Waals surface area contributed by atoms with Gasteiger partial charge in [-0.15, -0.1) is 0 Å². The van der Waals surface area contributed by atoms with E-state index in [-0.39, 0.29) is 0 Å². The van der Waals surface area contributed by atoms with E-state index in [0.717, 1.165) is 32.0 Å². The average molecular weight is 252 g/mol. The molecule has 2 heterocycles. The van der Waals surface area contributed by atoms with E-state index >= 15 is 0 Å². The van der Waals surface area contributed by atoms with Gasteiger partial charge in [0.15, 0.2) is 0 Å². The van der Waals surface area contributed by atoms with Gasteiger partial charge in [0.05, 0.1) is 6.54 Å². The molecule has 0 radical (unpaired) electrons. The second-order valence-electron chi connectivity index (χ2n) is 4.55. The van der Waals surface area contributed by atoms with E-state index in [2.05, 4.69) is 19.8 Å². The summed E-state index contributed by atoms with van der Waals surface area (Å²) >= 11 is 0. The van der Waals surface area contributed by atoms with Gasteiger partial charge in [-0.05, 0) is 13.0 Å². The van der Waals surface area contributed by atoms with Gasteiger partial charge in [0, 0.05) is 32.0 Å². The Morgan fingerprint density at radius 2 is 2.44 bits per heavy atom. The summed E-state index contributed by atoms with van der Waals surface area (Å²) in [5.41, 5.74) is 0. The van der Waals surface area contributed by atoms with Crippen molar-refractivity contribution in [3.05, 3.63) is 18.2 Å². The highest BCUT2D eigenvalue weighted by molar-refractivity contribution is 5.73. The number of rotatable bonds is 6. The Balaban J connectivity index is 1.82. The van der Waals surface area contributed by atoms with Crippen LogP contribution in [-0.2, 0) is 17.9 Å². The Morgan fingerprint density at radius 3 is 3.17 bits per heavy atom. The van der Waals surface area contributed by atoms with Gasteiger partial charge in [-0.3, -0.25) is 9.69 Å². The van der Waals surface area contributed by atoms with Crippen LogP contribution >= 0.6 is 0 Å². The number of likely N-dealkylation sites (N-methyl/N-ethyl adjacent to an activating group) is 1. The summed E-state index contributed by atoms with van der Waals surface area (Å²) in [6.07, 6.45) is 4.44. The summed E-state index contributed by atoms with van der Waals surface area (Å²) in [6.45, 7) is 6.10. The highest BCUT2D eigenvalue weighted by Crippen LogP contribution is 2.10. The summed E-state index contributed by atoms with van der Waals surface area (Å²) < 4.78 is 2.15. The standard InChI is InChI=1S/C12H20N4O2/c1-2-13-10(12(17)18)3-5-15-7-8-16-6-4-14-11(16)9-15/h4,6,10,13H,2-3,5,7-9H2,1H3,(H,17,18). The van der Waals surface area contributed by atoms with E-state index in [1.54, 1.807) is 0 Å². The lowest BCUT2D eigenvalue weighted by molar-refractivity contribution is -0.139. The van der Waals surface area contributed by atoms with Crippen LogP contribution in [0.2, 0.25) is 0 Å². The minimum absolute atomic E-state index is 0.448. The Kier molecular flexibility index (Phi) is 4.33. The molecule has 0 saturated heterocycles. The van der Waals surface area contributed by atoms with Crippen LogP contribution in [-0.4, -0.2) is 51.2 Å². The molecule has 1 aromatic rings. The minimum Gasteiger partial charge on any atom is -0.480 e. The van der Waals surface area contributed by atoms with E-state index < -0.39 is 12.0 Å². The molecule has 0 aliphatic carbocycles. The molecule has 0 aromatic carbocycles. The number of hydrogen-bond donors (Lipinski definition) is 2. The number of nitrogens with one attached hydrogen (secondary N) is 1. The number of carboxylic acids is 1. The lowest BCUT2D eigenvalue weighted by Gasteiger charge is -2.28. The van der Waals surface area contributed by atoms with E-state index in [4.69, 9.17) is 5.11 Å². The lowest BCUT2D eigenvalue weighted by Crippen LogP contribution is -2.41. The maximum Gasteiger partial charge on any atom is 0.320 e. The van der Waals surface area contributed by atoms with Crippen LogP contribution in [0.4, 0.5) is 0 Å². The molecule has 1 atom stereocenters. The van der Waals surface area contributed by atoms with Crippen LogP contribution in [0.1, 0.15) is 19.2 Å². The zero-order chi connectivity index (χ0) is 13.0. The third-order valence-electron chi connectivity index (χ3n) is 3.31. The number of hydrogen-bond acceptors (Lipinski definition) is 4. The Morgan fingerprint density at radius 1 is 1.61 bits per heavy atom. The second-order valence-corrected chi connectivity index (χ2v) is 4.55. The van der Waals surface area contributed by atoms with Crippen LogP contribution in [0.3, 0.4) is 0 Å². The van der Waals surface area contributed by atoms with Crippen LogP contribution in [0, 0.1) is 0 Å². The van der Waals surface area contributed by atoms with Gasteiger partial charge < -0.3 is 15.0 Å². The summed E-state index contributed by atoms with van der Waals surface area (Å²) in [5, 5.41) is 12.0.